The highest BCUT2D eigenvalue weighted by Gasteiger charge is 1.96. The molecule has 0 nitrogen and oxygen atoms in total. The lowest BCUT2D eigenvalue weighted by molar-refractivity contribution is 0.598. The van der Waals surface area contributed by atoms with Crippen molar-refractivity contribution in [1.82, 2.24) is 0 Å². The molecule has 0 heteroatoms. The molecule has 0 aromatic heterocycles. The second-order valence-electron chi connectivity index (χ2n) is 3.69. The van der Waals surface area contributed by atoms with Gasteiger partial charge in [-0.2, -0.15) is 0 Å². The summed E-state index contributed by atoms with van der Waals surface area (Å²) in [6.07, 6.45) is 9.64. The summed E-state index contributed by atoms with van der Waals surface area (Å²) in [4.78, 5) is 0. The highest BCUT2D eigenvalue weighted by atomic mass is 14.0. The van der Waals surface area contributed by atoms with Crippen molar-refractivity contribution in [3.05, 3.63) is 19.1 Å². The fourth-order valence-corrected chi connectivity index (χ4v) is 1.23. The van der Waals surface area contributed by atoms with E-state index in [1.165, 1.54) is 25.7 Å². The summed E-state index contributed by atoms with van der Waals surface area (Å²) < 4.78 is 0. The average molecular weight is 167 g/mol. The van der Waals surface area contributed by atoms with Gasteiger partial charge in [0.05, 0.1) is 0 Å². The van der Waals surface area contributed by atoms with Gasteiger partial charge in [0.15, 0.2) is 0 Å². The first kappa shape index (κ1) is 11.7. The molecular formula is C12H23. The van der Waals surface area contributed by atoms with E-state index in [1.807, 2.05) is 0 Å². The van der Waals surface area contributed by atoms with Crippen LogP contribution in [0.2, 0.25) is 0 Å². The van der Waals surface area contributed by atoms with Crippen LogP contribution in [0.15, 0.2) is 12.2 Å². The third-order valence-corrected chi connectivity index (χ3v) is 2.28. The zero-order valence-corrected chi connectivity index (χ0v) is 8.84. The maximum atomic E-state index is 3.96. The number of hydrogen-bond donors (Lipinski definition) is 0. The smallest absolute Gasteiger partial charge is 0.0239 e. The minimum Gasteiger partial charge on any atom is -0.0883 e. The Balaban J connectivity index is 3.45. The molecule has 0 spiro atoms. The van der Waals surface area contributed by atoms with Crippen molar-refractivity contribution in [1.29, 1.82) is 0 Å². The Morgan fingerprint density at radius 1 is 1.25 bits per heavy atom. The van der Waals surface area contributed by atoms with Crippen molar-refractivity contribution >= 4 is 0 Å². The molecule has 0 aliphatic rings. The molecule has 1 atom stereocenters. The molecule has 0 aromatic rings. The predicted octanol–water partition coefficient (Wildman–Crippen LogP) is 4.23. The maximum absolute atomic E-state index is 3.96. The van der Waals surface area contributed by atoms with Gasteiger partial charge in [0.25, 0.3) is 0 Å². The third-order valence-electron chi connectivity index (χ3n) is 2.28. The van der Waals surface area contributed by atoms with E-state index in [0.717, 1.165) is 5.92 Å². The van der Waals surface area contributed by atoms with E-state index in [4.69, 9.17) is 0 Å². The van der Waals surface area contributed by atoms with Crippen LogP contribution < -0.4 is 0 Å². The minimum absolute atomic E-state index is 0.594. The molecule has 0 aliphatic heterocycles. The minimum atomic E-state index is 0.594. The zero-order valence-electron chi connectivity index (χ0n) is 8.84. The van der Waals surface area contributed by atoms with Crippen LogP contribution in [0, 0.1) is 18.8 Å². The van der Waals surface area contributed by atoms with E-state index < -0.39 is 0 Å². The molecule has 0 rings (SSSR count). The Hall–Kier alpha value is -0.260. The molecule has 12 heavy (non-hydrogen) atoms. The Kier molecular flexibility index (Phi) is 7.23. The van der Waals surface area contributed by atoms with Crippen LogP contribution in [-0.2, 0) is 0 Å². The normalized spacial score (nSPS) is 12.2. The molecule has 1 unspecified atom stereocenters. The van der Waals surface area contributed by atoms with Crippen molar-refractivity contribution in [3.8, 4) is 0 Å². The zero-order chi connectivity index (χ0) is 9.40. The molecular weight excluding hydrogens is 144 g/mol. The number of allylic oxidation sites excluding steroid dienone is 2. The van der Waals surface area contributed by atoms with Gasteiger partial charge in [-0.25, -0.2) is 0 Å². The first-order valence-corrected chi connectivity index (χ1v) is 5.20. The van der Waals surface area contributed by atoms with Crippen molar-refractivity contribution in [2.45, 2.75) is 46.5 Å². The molecule has 0 aliphatic carbocycles. The third kappa shape index (κ3) is 6.45. The van der Waals surface area contributed by atoms with E-state index in [1.54, 1.807) is 0 Å². The van der Waals surface area contributed by atoms with Gasteiger partial charge in [0.1, 0.15) is 0 Å². The van der Waals surface area contributed by atoms with Gasteiger partial charge in [-0.05, 0) is 37.5 Å². The molecule has 0 fully saturated rings. The highest BCUT2D eigenvalue weighted by Crippen LogP contribution is 2.11. The van der Waals surface area contributed by atoms with Crippen LogP contribution in [-0.4, -0.2) is 0 Å². The molecule has 1 radical (unpaired) electrons. The van der Waals surface area contributed by atoms with E-state index >= 15 is 0 Å². The van der Waals surface area contributed by atoms with Crippen molar-refractivity contribution in [3.63, 3.8) is 0 Å². The van der Waals surface area contributed by atoms with Crippen LogP contribution in [0.5, 0.6) is 0 Å². The van der Waals surface area contributed by atoms with Crippen LogP contribution in [0.25, 0.3) is 0 Å². The molecule has 0 bridgehead atoms. The fraction of sp³-hybridized carbons (Fsp3) is 0.750. The van der Waals surface area contributed by atoms with Gasteiger partial charge in [0.2, 0.25) is 0 Å². The van der Waals surface area contributed by atoms with Crippen LogP contribution in [0.1, 0.15) is 46.5 Å². The summed E-state index contributed by atoms with van der Waals surface area (Å²) in [6.45, 7) is 10.6. The highest BCUT2D eigenvalue weighted by molar-refractivity contribution is 4.87. The second-order valence-corrected chi connectivity index (χ2v) is 3.69. The maximum Gasteiger partial charge on any atom is -0.0239 e. The molecule has 0 amide bonds. The van der Waals surface area contributed by atoms with Crippen molar-refractivity contribution < 1.29 is 0 Å². The van der Waals surface area contributed by atoms with Gasteiger partial charge in [-0.15, -0.1) is 0 Å². The summed E-state index contributed by atoms with van der Waals surface area (Å²) >= 11 is 0. The van der Waals surface area contributed by atoms with Gasteiger partial charge in [0, 0.05) is 0 Å². The number of rotatable bonds is 6. The first-order chi connectivity index (χ1) is 5.70. The van der Waals surface area contributed by atoms with Crippen molar-refractivity contribution in [2.24, 2.45) is 11.8 Å². The lowest BCUT2D eigenvalue weighted by Crippen LogP contribution is -1.91. The lowest BCUT2D eigenvalue weighted by atomic mass is 10.0. The molecule has 0 heterocycles. The Labute approximate surface area is 78.1 Å². The van der Waals surface area contributed by atoms with Crippen LogP contribution in [0.3, 0.4) is 0 Å². The van der Waals surface area contributed by atoms with Crippen LogP contribution >= 0.6 is 0 Å². The fourth-order valence-electron chi connectivity index (χ4n) is 1.23. The summed E-state index contributed by atoms with van der Waals surface area (Å²) in [7, 11) is 0. The average Bonchev–Trinajstić information content (AvgIpc) is 2.04. The van der Waals surface area contributed by atoms with E-state index in [9.17, 15) is 0 Å². The summed E-state index contributed by atoms with van der Waals surface area (Å²) in [5.74, 6) is 1.39. The van der Waals surface area contributed by atoms with Gasteiger partial charge < -0.3 is 0 Å². The number of hydrogen-bond acceptors (Lipinski definition) is 0. The molecule has 71 valence electrons. The van der Waals surface area contributed by atoms with Gasteiger partial charge in [-0.3, -0.25) is 0 Å². The first-order valence-electron chi connectivity index (χ1n) is 5.20. The van der Waals surface area contributed by atoms with E-state index in [0.29, 0.717) is 5.92 Å². The Bertz CT molecular complexity index is 107. The van der Waals surface area contributed by atoms with Gasteiger partial charge >= 0.3 is 0 Å². The SMILES string of the molecule is [CH2]C(C)CC/C=C/C(CC)CC. The topological polar surface area (TPSA) is 0 Å². The molecule has 0 saturated heterocycles. The predicted molar refractivity (Wildman–Crippen MR) is 57.0 cm³/mol. The van der Waals surface area contributed by atoms with Crippen molar-refractivity contribution in [2.75, 3.05) is 0 Å². The monoisotopic (exact) mass is 167 g/mol. The Morgan fingerprint density at radius 3 is 2.25 bits per heavy atom. The summed E-state index contributed by atoms with van der Waals surface area (Å²) in [5.41, 5.74) is 0. The lowest BCUT2D eigenvalue weighted by Gasteiger charge is -2.05. The standard InChI is InChI=1S/C12H23/c1-5-12(6-2)10-8-7-9-11(3)4/h8,10-12H,3,5-7,9H2,1-2,4H3/b10-8+. The molecule has 0 saturated carbocycles. The van der Waals surface area contributed by atoms with Crippen LogP contribution in [0.4, 0.5) is 0 Å². The quantitative estimate of drug-likeness (QED) is 0.519. The second kappa shape index (κ2) is 7.39. The largest absolute Gasteiger partial charge is 0.0883 e. The molecule has 0 aromatic carbocycles. The van der Waals surface area contributed by atoms with Gasteiger partial charge in [-0.1, -0.05) is 39.8 Å². The molecule has 0 N–H and O–H groups in total. The Morgan fingerprint density at radius 2 is 1.83 bits per heavy atom. The summed E-state index contributed by atoms with van der Waals surface area (Å²) in [6, 6.07) is 0. The summed E-state index contributed by atoms with van der Waals surface area (Å²) in [5, 5.41) is 0. The van der Waals surface area contributed by atoms with E-state index in [2.05, 4.69) is 39.8 Å². The van der Waals surface area contributed by atoms with E-state index in [-0.39, 0.29) is 0 Å².